The summed E-state index contributed by atoms with van der Waals surface area (Å²) in [5, 5.41) is 86.3. The van der Waals surface area contributed by atoms with Gasteiger partial charge in [-0.05, 0) is 84.6 Å². The van der Waals surface area contributed by atoms with Crippen LogP contribution in [0.3, 0.4) is 0 Å². The smallest absolute Gasteiger partial charge is 0.269 e. The number of nitro benzene ring substituents is 2. The number of aromatic hydroxyl groups is 6. The van der Waals surface area contributed by atoms with Crippen LogP contribution in [-0.4, -0.2) is 65.4 Å². The lowest BCUT2D eigenvalue weighted by Crippen LogP contribution is -2.28. The van der Waals surface area contributed by atoms with Crippen LogP contribution in [0.25, 0.3) is 0 Å². The zero-order valence-electron chi connectivity index (χ0n) is 27.8. The fourth-order valence-electron chi connectivity index (χ4n) is 5.05. The lowest BCUT2D eigenvalue weighted by Gasteiger charge is -2.17. The molecule has 0 atom stereocenters. The first-order valence-corrected chi connectivity index (χ1v) is 15.8. The van der Waals surface area contributed by atoms with E-state index in [1.54, 1.807) is 0 Å². The van der Waals surface area contributed by atoms with E-state index < -0.39 is 56.2 Å². The van der Waals surface area contributed by atoms with Crippen LogP contribution in [0.4, 0.5) is 11.4 Å². The molecule has 5 aromatic rings. The Bertz CT molecular complexity index is 2040. The fraction of sp³-hybridized carbons (Fsp3) is 0.111. The molecule has 0 spiro atoms. The number of benzene rings is 5. The van der Waals surface area contributed by atoms with Crippen molar-refractivity contribution in [1.29, 1.82) is 0 Å². The number of nitrogens with zero attached hydrogens (tertiary/aromatic N) is 2. The van der Waals surface area contributed by atoms with E-state index >= 15 is 0 Å². The van der Waals surface area contributed by atoms with Crippen molar-refractivity contribution in [2.45, 2.75) is 12.8 Å². The number of nitrogens with one attached hydrogen (secondary N) is 2. The molecular formula is C36H30N4O14. The summed E-state index contributed by atoms with van der Waals surface area (Å²) in [6.07, 6.45) is 0.157. The molecule has 5 aromatic carbocycles. The second-order valence-electron chi connectivity index (χ2n) is 11.5. The number of phenolic OH excluding ortho intramolecular Hbond substituents is 6. The van der Waals surface area contributed by atoms with Crippen LogP contribution >= 0.6 is 0 Å². The van der Waals surface area contributed by atoms with Gasteiger partial charge >= 0.3 is 0 Å². The molecule has 0 saturated carbocycles. The average Bonchev–Trinajstić information content (AvgIpc) is 3.13. The van der Waals surface area contributed by atoms with Crippen molar-refractivity contribution >= 4 is 23.2 Å². The fourth-order valence-corrected chi connectivity index (χ4v) is 5.05. The molecule has 54 heavy (non-hydrogen) atoms. The Hall–Kier alpha value is -7.76. The predicted molar refractivity (Wildman–Crippen MR) is 188 cm³/mol. The van der Waals surface area contributed by atoms with Crippen molar-refractivity contribution in [2.24, 2.45) is 0 Å². The highest BCUT2D eigenvalue weighted by Gasteiger charge is 2.24. The predicted octanol–water partition coefficient (Wildman–Crippen LogP) is 5.27. The number of ether oxygens (including phenoxy) is 2. The number of phenols is 6. The zero-order chi connectivity index (χ0) is 39.1. The van der Waals surface area contributed by atoms with Crippen LogP contribution in [0.2, 0.25) is 0 Å². The van der Waals surface area contributed by atoms with Gasteiger partial charge in [0.15, 0.2) is 34.5 Å². The SMILES string of the molecule is O=C(NCCc1cc(O)c(O)c(O)c1)c1cc(Oc2ccc([N+](=O)[O-])cc2)c(C(=O)NCCc2cc(O)c(O)c(O)c2)cc1Oc1ccc([N+](=O)[O-])cc1. The maximum Gasteiger partial charge on any atom is 0.269 e. The quantitative estimate of drug-likeness (QED) is 0.0409. The maximum absolute atomic E-state index is 13.7. The number of rotatable bonds is 14. The Morgan fingerprint density at radius 1 is 0.537 bits per heavy atom. The first-order valence-electron chi connectivity index (χ1n) is 15.8. The number of hydrogen-bond acceptors (Lipinski definition) is 14. The number of non-ortho nitro benzene ring substituents is 2. The highest BCUT2D eigenvalue weighted by Crippen LogP contribution is 2.38. The lowest BCUT2D eigenvalue weighted by atomic mass is 10.1. The highest BCUT2D eigenvalue weighted by atomic mass is 16.6. The summed E-state index contributed by atoms with van der Waals surface area (Å²) in [7, 11) is 0. The normalized spacial score (nSPS) is 10.7. The van der Waals surface area contributed by atoms with Crippen molar-refractivity contribution in [3.63, 3.8) is 0 Å². The summed E-state index contributed by atoms with van der Waals surface area (Å²) >= 11 is 0. The van der Waals surface area contributed by atoms with Gasteiger partial charge in [0.2, 0.25) is 0 Å². The molecule has 0 saturated heterocycles. The van der Waals surface area contributed by atoms with E-state index in [4.69, 9.17) is 9.47 Å². The third kappa shape index (κ3) is 8.93. The summed E-state index contributed by atoms with van der Waals surface area (Å²) in [6, 6.07) is 16.9. The van der Waals surface area contributed by atoms with E-state index in [1.165, 1.54) is 60.7 Å². The average molecular weight is 743 g/mol. The largest absolute Gasteiger partial charge is 0.504 e. The minimum Gasteiger partial charge on any atom is -0.504 e. The minimum atomic E-state index is -0.758. The van der Waals surface area contributed by atoms with Crippen LogP contribution in [0.15, 0.2) is 84.9 Å². The highest BCUT2D eigenvalue weighted by molar-refractivity contribution is 6.02. The van der Waals surface area contributed by atoms with Gasteiger partial charge in [0, 0.05) is 37.4 Å². The van der Waals surface area contributed by atoms with E-state index in [0.717, 1.165) is 24.3 Å². The Labute approximate surface area is 304 Å². The van der Waals surface area contributed by atoms with Crippen LogP contribution in [0.1, 0.15) is 31.8 Å². The van der Waals surface area contributed by atoms with Gasteiger partial charge in [-0.1, -0.05) is 0 Å². The van der Waals surface area contributed by atoms with Gasteiger partial charge in [0.1, 0.15) is 23.0 Å². The Kier molecular flexibility index (Phi) is 11.2. The molecule has 8 N–H and O–H groups in total. The van der Waals surface area contributed by atoms with Crippen molar-refractivity contribution in [1.82, 2.24) is 10.6 Å². The van der Waals surface area contributed by atoms with Gasteiger partial charge in [-0.2, -0.15) is 0 Å². The summed E-state index contributed by atoms with van der Waals surface area (Å²) in [5.74, 6) is -5.52. The van der Waals surface area contributed by atoms with Crippen LogP contribution in [-0.2, 0) is 12.8 Å². The van der Waals surface area contributed by atoms with Crippen LogP contribution in [0, 0.1) is 20.2 Å². The Morgan fingerprint density at radius 3 is 1.15 bits per heavy atom. The second kappa shape index (κ2) is 16.1. The standard InChI is InChI=1S/C36H30N4O14/c41-27-13-19(14-28(42)33(27)45)9-11-37-35(47)25-18-32(54-24-7-3-22(4-8-24)40(51)52)26(17-31(25)53-23-5-1-21(2-6-23)39(49)50)36(48)38-12-10-20-15-29(43)34(46)30(44)16-20/h1-8,13-18,41-46H,9-12H2,(H,37,47)(H,38,48). The molecular weight excluding hydrogens is 712 g/mol. The topological polar surface area (TPSA) is 284 Å². The molecule has 18 heteroatoms. The number of carbonyl (C=O) groups excluding carboxylic acids is 2. The van der Waals surface area contributed by atoms with Gasteiger partial charge in [-0.25, -0.2) is 0 Å². The second-order valence-corrected chi connectivity index (χ2v) is 11.5. The van der Waals surface area contributed by atoms with Crippen molar-refractivity contribution < 1.29 is 59.5 Å². The molecule has 18 nitrogen and oxygen atoms in total. The van der Waals surface area contributed by atoms with Gasteiger partial charge < -0.3 is 50.7 Å². The molecule has 0 fully saturated rings. The molecule has 0 bridgehead atoms. The molecule has 0 heterocycles. The Morgan fingerprint density at radius 2 is 0.852 bits per heavy atom. The van der Waals surface area contributed by atoms with Crippen molar-refractivity contribution in [3.8, 4) is 57.5 Å². The van der Waals surface area contributed by atoms with E-state index in [0.29, 0.717) is 11.1 Å². The third-order valence-electron chi connectivity index (χ3n) is 7.78. The molecule has 278 valence electrons. The Balaban J connectivity index is 1.50. The summed E-state index contributed by atoms with van der Waals surface area (Å²) in [6.45, 7) is -0.134. The molecule has 0 radical (unpaired) electrons. The number of carbonyl (C=O) groups is 2. The van der Waals surface area contributed by atoms with Crippen LogP contribution in [0.5, 0.6) is 57.5 Å². The number of hydrogen-bond donors (Lipinski definition) is 8. The summed E-state index contributed by atoms with van der Waals surface area (Å²) < 4.78 is 11.9. The molecule has 0 aliphatic heterocycles. The molecule has 2 amide bonds. The first-order chi connectivity index (χ1) is 25.7. The lowest BCUT2D eigenvalue weighted by molar-refractivity contribution is -0.385. The molecule has 0 aliphatic rings. The van der Waals surface area contributed by atoms with Crippen molar-refractivity contribution in [2.75, 3.05) is 13.1 Å². The van der Waals surface area contributed by atoms with Gasteiger partial charge in [0.05, 0.1) is 21.0 Å². The molecule has 5 rings (SSSR count). The van der Waals surface area contributed by atoms with E-state index in [9.17, 15) is 60.5 Å². The summed E-state index contributed by atoms with van der Waals surface area (Å²) in [4.78, 5) is 48.5. The molecule has 0 aromatic heterocycles. The molecule has 0 unspecified atom stereocenters. The first kappa shape index (κ1) is 37.5. The van der Waals surface area contributed by atoms with E-state index in [-0.39, 0.29) is 71.4 Å². The summed E-state index contributed by atoms with van der Waals surface area (Å²) in [5.41, 5.74) is -0.140. The monoisotopic (exact) mass is 742 g/mol. The number of amides is 2. The number of nitro groups is 2. The van der Waals surface area contributed by atoms with Gasteiger partial charge in [-0.15, -0.1) is 0 Å². The third-order valence-corrected chi connectivity index (χ3v) is 7.78. The minimum absolute atomic E-state index is 0.0482. The van der Waals surface area contributed by atoms with E-state index in [2.05, 4.69) is 10.6 Å². The van der Waals surface area contributed by atoms with Crippen molar-refractivity contribution in [3.05, 3.63) is 127 Å². The van der Waals surface area contributed by atoms with Gasteiger partial charge in [-0.3, -0.25) is 29.8 Å². The van der Waals surface area contributed by atoms with E-state index in [1.807, 2.05) is 0 Å². The zero-order valence-corrected chi connectivity index (χ0v) is 27.8. The van der Waals surface area contributed by atoms with Gasteiger partial charge in [0.25, 0.3) is 23.2 Å². The molecule has 0 aliphatic carbocycles. The van der Waals surface area contributed by atoms with Crippen LogP contribution < -0.4 is 20.1 Å². The maximum atomic E-state index is 13.7.